The van der Waals surface area contributed by atoms with Gasteiger partial charge in [-0.25, -0.2) is 8.42 Å². The first-order valence-electron chi connectivity index (χ1n) is 13.3. The van der Waals surface area contributed by atoms with Crippen LogP contribution < -0.4 is 9.62 Å². The van der Waals surface area contributed by atoms with Crippen molar-refractivity contribution in [2.45, 2.75) is 71.5 Å². The van der Waals surface area contributed by atoms with Crippen molar-refractivity contribution in [3.63, 3.8) is 0 Å². The van der Waals surface area contributed by atoms with E-state index in [9.17, 15) is 18.0 Å². The van der Waals surface area contributed by atoms with Gasteiger partial charge in [0.05, 0.1) is 10.6 Å². The maximum Gasteiger partial charge on any atom is 0.264 e. The lowest BCUT2D eigenvalue weighted by Crippen LogP contribution is -2.52. The largest absolute Gasteiger partial charge is 0.352 e. The molecule has 0 fully saturated rings. The Hall–Kier alpha value is -3.36. The summed E-state index contributed by atoms with van der Waals surface area (Å²) in [5.41, 5.74) is 3.67. The molecule has 0 radical (unpaired) electrons. The predicted molar refractivity (Wildman–Crippen MR) is 161 cm³/mol. The van der Waals surface area contributed by atoms with Gasteiger partial charge in [-0.05, 0) is 88.1 Å². The Labute approximate surface area is 243 Å². The molecule has 1 N–H and O–H groups in total. The molecular formula is C31H38ClN3O4S. The molecule has 0 aliphatic heterocycles. The van der Waals surface area contributed by atoms with Crippen molar-refractivity contribution >= 4 is 39.1 Å². The minimum atomic E-state index is -4.12. The Morgan fingerprint density at radius 2 is 1.50 bits per heavy atom. The van der Waals surface area contributed by atoms with E-state index in [-0.39, 0.29) is 23.4 Å². The molecule has 0 bridgehead atoms. The topological polar surface area (TPSA) is 86.8 Å². The summed E-state index contributed by atoms with van der Waals surface area (Å²) >= 11 is 6.42. The summed E-state index contributed by atoms with van der Waals surface area (Å²) < 4.78 is 29.1. The Kier molecular flexibility index (Phi) is 10.4. The van der Waals surface area contributed by atoms with Crippen LogP contribution in [0.4, 0.5) is 5.69 Å². The number of benzene rings is 3. The van der Waals surface area contributed by atoms with Crippen LogP contribution in [0.15, 0.2) is 71.6 Å². The fraction of sp³-hybridized carbons (Fsp3) is 0.355. The van der Waals surface area contributed by atoms with Crippen molar-refractivity contribution in [2.24, 2.45) is 0 Å². The number of sulfonamides is 1. The molecule has 0 aliphatic carbocycles. The maximum atomic E-state index is 14.0. The zero-order chi connectivity index (χ0) is 29.6. The number of carbonyl (C=O) groups is 2. The molecule has 3 rings (SSSR count). The second kappa shape index (κ2) is 13.3. The summed E-state index contributed by atoms with van der Waals surface area (Å²) in [4.78, 5) is 28.7. The molecule has 40 heavy (non-hydrogen) atoms. The molecule has 0 spiro atoms. The highest BCUT2D eigenvalue weighted by atomic mass is 35.5. The van der Waals surface area contributed by atoms with Crippen LogP contribution >= 0.6 is 11.6 Å². The highest BCUT2D eigenvalue weighted by molar-refractivity contribution is 7.92. The first-order chi connectivity index (χ1) is 18.8. The van der Waals surface area contributed by atoms with Crippen LogP contribution in [0, 0.1) is 20.8 Å². The number of halogens is 1. The molecule has 0 saturated heterocycles. The van der Waals surface area contributed by atoms with Gasteiger partial charge >= 0.3 is 0 Å². The van der Waals surface area contributed by atoms with E-state index >= 15 is 0 Å². The number of nitrogens with one attached hydrogen (secondary N) is 1. The number of amides is 2. The summed E-state index contributed by atoms with van der Waals surface area (Å²) in [6.45, 7) is 10.7. The van der Waals surface area contributed by atoms with Gasteiger partial charge in [0.15, 0.2) is 0 Å². The zero-order valence-electron chi connectivity index (χ0n) is 23.9. The molecule has 2 amide bonds. The molecule has 0 heterocycles. The molecule has 0 aliphatic rings. The first kappa shape index (κ1) is 31.2. The van der Waals surface area contributed by atoms with E-state index in [4.69, 9.17) is 11.6 Å². The minimum absolute atomic E-state index is 0.0405. The summed E-state index contributed by atoms with van der Waals surface area (Å²) in [6.07, 6.45) is 0.728. The van der Waals surface area contributed by atoms with Crippen LogP contribution in [0.5, 0.6) is 0 Å². The lowest BCUT2D eigenvalue weighted by Gasteiger charge is -2.32. The molecule has 2 atom stereocenters. The van der Waals surface area contributed by atoms with Gasteiger partial charge in [-0.1, -0.05) is 60.5 Å². The van der Waals surface area contributed by atoms with E-state index in [0.717, 1.165) is 27.4 Å². The molecular weight excluding hydrogens is 546 g/mol. The standard InChI is InChI=1S/C31H38ClN3O4S/c1-7-24(5)33-31(37)25(6)34(19-26-10-8-9-11-29(26)32)30(36)20-35(27-17-22(3)16-23(4)18-27)40(38,39)28-14-12-21(2)13-15-28/h8-18,24-25H,7,19-20H2,1-6H3,(H,33,37)/t24-,25+/m1/s1. The van der Waals surface area contributed by atoms with Gasteiger partial charge in [0.1, 0.15) is 12.6 Å². The first-order valence-corrected chi connectivity index (χ1v) is 15.2. The molecule has 0 unspecified atom stereocenters. The second-order valence-electron chi connectivity index (χ2n) is 10.3. The van der Waals surface area contributed by atoms with Gasteiger partial charge in [0, 0.05) is 17.6 Å². The summed E-state index contributed by atoms with van der Waals surface area (Å²) in [7, 11) is -4.12. The molecule has 0 saturated carbocycles. The van der Waals surface area contributed by atoms with Crippen LogP contribution in [-0.2, 0) is 26.2 Å². The molecule has 3 aromatic carbocycles. The number of anilines is 1. The lowest BCUT2D eigenvalue weighted by atomic mass is 10.1. The smallest absolute Gasteiger partial charge is 0.264 e. The highest BCUT2D eigenvalue weighted by Gasteiger charge is 2.33. The highest BCUT2D eigenvalue weighted by Crippen LogP contribution is 2.27. The number of aryl methyl sites for hydroxylation is 3. The Balaban J connectivity index is 2.07. The summed E-state index contributed by atoms with van der Waals surface area (Å²) in [6, 6.07) is 18.1. The molecule has 214 valence electrons. The third-order valence-corrected chi connectivity index (χ3v) is 9.01. The molecule has 7 nitrogen and oxygen atoms in total. The van der Waals surface area contributed by atoms with E-state index in [1.165, 1.54) is 17.0 Å². The fourth-order valence-corrected chi connectivity index (χ4v) is 5.91. The van der Waals surface area contributed by atoms with Gasteiger partial charge in [-0.3, -0.25) is 13.9 Å². The van der Waals surface area contributed by atoms with E-state index in [1.54, 1.807) is 55.5 Å². The Morgan fingerprint density at radius 1 is 0.900 bits per heavy atom. The van der Waals surface area contributed by atoms with Crippen molar-refractivity contribution in [3.8, 4) is 0 Å². The Bertz CT molecular complexity index is 1440. The van der Waals surface area contributed by atoms with Crippen molar-refractivity contribution < 1.29 is 18.0 Å². The average molecular weight is 584 g/mol. The number of rotatable bonds is 11. The molecule has 0 aromatic heterocycles. The van der Waals surface area contributed by atoms with Gasteiger partial charge in [0.2, 0.25) is 11.8 Å². The second-order valence-corrected chi connectivity index (χ2v) is 12.5. The molecule has 3 aromatic rings. The predicted octanol–water partition coefficient (Wildman–Crippen LogP) is 5.79. The normalized spacial score (nSPS) is 12.9. The fourth-order valence-electron chi connectivity index (χ4n) is 4.32. The minimum Gasteiger partial charge on any atom is -0.352 e. The number of hydrogen-bond acceptors (Lipinski definition) is 4. The van der Waals surface area contributed by atoms with E-state index < -0.39 is 28.5 Å². The van der Waals surface area contributed by atoms with E-state index in [0.29, 0.717) is 16.3 Å². The number of nitrogens with zero attached hydrogens (tertiary/aromatic N) is 2. The number of carbonyl (C=O) groups excluding carboxylic acids is 2. The van der Waals surface area contributed by atoms with Crippen LogP contribution in [0.3, 0.4) is 0 Å². The lowest BCUT2D eigenvalue weighted by molar-refractivity contribution is -0.139. The van der Waals surface area contributed by atoms with Crippen molar-refractivity contribution in [1.29, 1.82) is 0 Å². The van der Waals surface area contributed by atoms with E-state index in [2.05, 4.69) is 5.32 Å². The third-order valence-electron chi connectivity index (χ3n) is 6.85. The van der Waals surface area contributed by atoms with Crippen molar-refractivity contribution in [2.75, 3.05) is 10.8 Å². The summed E-state index contributed by atoms with van der Waals surface area (Å²) in [5.74, 6) is -0.851. The van der Waals surface area contributed by atoms with Crippen molar-refractivity contribution in [1.82, 2.24) is 10.2 Å². The monoisotopic (exact) mass is 583 g/mol. The van der Waals surface area contributed by atoms with Crippen LogP contribution in [-0.4, -0.2) is 43.8 Å². The van der Waals surface area contributed by atoms with Gasteiger partial charge in [0.25, 0.3) is 10.0 Å². The van der Waals surface area contributed by atoms with Crippen LogP contribution in [0.1, 0.15) is 49.4 Å². The van der Waals surface area contributed by atoms with E-state index in [1.807, 2.05) is 40.7 Å². The third kappa shape index (κ3) is 7.64. The Morgan fingerprint density at radius 3 is 2.08 bits per heavy atom. The SMILES string of the molecule is CC[C@@H](C)NC(=O)[C@H](C)N(Cc1ccccc1Cl)C(=O)CN(c1cc(C)cc(C)c1)S(=O)(=O)c1ccc(C)cc1. The number of hydrogen-bond donors (Lipinski definition) is 1. The van der Waals surface area contributed by atoms with Gasteiger partial charge in [-0.2, -0.15) is 0 Å². The van der Waals surface area contributed by atoms with Gasteiger partial charge in [-0.15, -0.1) is 0 Å². The average Bonchev–Trinajstić information content (AvgIpc) is 2.90. The maximum absolute atomic E-state index is 14.0. The van der Waals surface area contributed by atoms with Crippen LogP contribution in [0.2, 0.25) is 5.02 Å². The van der Waals surface area contributed by atoms with Crippen molar-refractivity contribution in [3.05, 3.63) is 94.0 Å². The van der Waals surface area contributed by atoms with Gasteiger partial charge < -0.3 is 10.2 Å². The molecule has 9 heteroatoms. The zero-order valence-corrected chi connectivity index (χ0v) is 25.5. The van der Waals surface area contributed by atoms with Crippen LogP contribution in [0.25, 0.3) is 0 Å². The summed E-state index contributed by atoms with van der Waals surface area (Å²) in [5, 5.41) is 3.38. The quantitative estimate of drug-likeness (QED) is 0.309.